The van der Waals surface area contributed by atoms with Gasteiger partial charge in [-0.05, 0) is 13.3 Å². The van der Waals surface area contributed by atoms with E-state index in [0.717, 1.165) is 17.7 Å². The lowest BCUT2D eigenvalue weighted by atomic mass is 9.90. The zero-order valence-corrected chi connectivity index (χ0v) is 11.6. The number of carbonyl (C=O) groups excluding carboxylic acids is 1. The second-order valence-electron chi connectivity index (χ2n) is 5.25. The van der Waals surface area contributed by atoms with Crippen LogP contribution in [0.3, 0.4) is 0 Å². The molecule has 3 N–H and O–H groups in total. The van der Waals surface area contributed by atoms with Gasteiger partial charge < -0.3 is 15.6 Å². The monoisotopic (exact) mass is 298 g/mol. The van der Waals surface area contributed by atoms with Crippen LogP contribution in [0.2, 0.25) is 0 Å². The third-order valence-electron chi connectivity index (χ3n) is 3.55. The number of halogens is 3. The van der Waals surface area contributed by atoms with Gasteiger partial charge in [-0.25, -0.2) is 4.79 Å². The van der Waals surface area contributed by atoms with Crippen LogP contribution < -0.4 is 5.73 Å². The summed E-state index contributed by atoms with van der Waals surface area (Å²) in [6.45, 7) is 2.63. The minimum atomic E-state index is -4.67. The molecule has 8 heteroatoms. The number of carbonyl (C=O) groups is 1. The van der Waals surface area contributed by atoms with E-state index in [0.29, 0.717) is 6.42 Å². The Morgan fingerprint density at radius 3 is 2.55 bits per heavy atom. The molecule has 1 aliphatic rings. The van der Waals surface area contributed by atoms with Crippen molar-refractivity contribution in [3.8, 4) is 0 Å². The molecular formula is C12H21F3N2O3. The average Bonchev–Trinajstić information content (AvgIpc) is 2.60. The van der Waals surface area contributed by atoms with Crippen LogP contribution in [0, 0.1) is 0 Å². The molecule has 1 fully saturated rings. The van der Waals surface area contributed by atoms with Gasteiger partial charge in [0.05, 0.1) is 6.61 Å². The molecule has 0 radical (unpaired) electrons. The summed E-state index contributed by atoms with van der Waals surface area (Å²) in [6, 6.07) is -3.68. The summed E-state index contributed by atoms with van der Waals surface area (Å²) in [5.41, 5.74) is 3.61. The van der Waals surface area contributed by atoms with Crippen LogP contribution in [0.15, 0.2) is 0 Å². The first-order valence-electron chi connectivity index (χ1n) is 6.60. The predicted molar refractivity (Wildman–Crippen MR) is 66.0 cm³/mol. The normalized spacial score (nSPS) is 28.6. The van der Waals surface area contributed by atoms with Crippen LogP contribution in [-0.4, -0.2) is 53.1 Å². The predicted octanol–water partition coefficient (Wildman–Crippen LogP) is 1.64. The number of amides is 1. The molecule has 0 unspecified atom stereocenters. The van der Waals surface area contributed by atoms with Crippen molar-refractivity contribution in [3.63, 3.8) is 0 Å². The highest BCUT2D eigenvalue weighted by Gasteiger charge is 2.59. The van der Waals surface area contributed by atoms with Crippen molar-refractivity contribution < 1.29 is 27.8 Å². The highest BCUT2D eigenvalue weighted by Crippen LogP contribution is 2.36. The van der Waals surface area contributed by atoms with E-state index in [1.807, 2.05) is 6.92 Å². The molecule has 1 aliphatic heterocycles. The number of nitrogens with zero attached hydrogens (tertiary/aromatic N) is 1. The van der Waals surface area contributed by atoms with E-state index in [1.54, 1.807) is 0 Å². The fourth-order valence-corrected chi connectivity index (χ4v) is 2.40. The molecule has 0 spiro atoms. The number of nitrogens with two attached hydrogens (primary N) is 1. The number of cyclic esters (lactones) is 1. The smallest absolute Gasteiger partial charge is 0.410 e. The lowest BCUT2D eigenvalue weighted by Gasteiger charge is -2.35. The number of rotatable bonds is 6. The Kier molecular flexibility index (Phi) is 5.26. The van der Waals surface area contributed by atoms with Crippen molar-refractivity contribution in [3.05, 3.63) is 0 Å². The first-order chi connectivity index (χ1) is 9.17. The lowest BCUT2D eigenvalue weighted by molar-refractivity contribution is -0.169. The molecule has 1 rings (SSSR count). The van der Waals surface area contributed by atoms with Gasteiger partial charge in [-0.3, -0.25) is 4.90 Å². The number of unbranched alkanes of at least 4 members (excludes halogenated alkanes) is 2. The first kappa shape index (κ1) is 17.0. The van der Waals surface area contributed by atoms with Crippen molar-refractivity contribution in [2.45, 2.75) is 57.0 Å². The Hall–Kier alpha value is -1.02. The Labute approximate surface area is 115 Å². The maximum Gasteiger partial charge on any atom is 0.410 e. The van der Waals surface area contributed by atoms with Crippen LogP contribution >= 0.6 is 0 Å². The molecule has 1 saturated heterocycles. The second kappa shape index (κ2) is 6.17. The molecule has 1 heterocycles. The zero-order chi connectivity index (χ0) is 15.6. The van der Waals surface area contributed by atoms with Gasteiger partial charge in [-0.15, -0.1) is 0 Å². The summed E-state index contributed by atoms with van der Waals surface area (Å²) in [6.07, 6.45) is -3.31. The summed E-state index contributed by atoms with van der Waals surface area (Å²) in [5, 5.41) is 9.29. The molecule has 0 saturated carbocycles. The highest BCUT2D eigenvalue weighted by atomic mass is 19.4. The summed E-state index contributed by atoms with van der Waals surface area (Å²) >= 11 is 0. The molecule has 0 aromatic heterocycles. The number of hydrogen-bond donors (Lipinski definition) is 2. The lowest BCUT2D eigenvalue weighted by Crippen LogP contribution is -2.61. The van der Waals surface area contributed by atoms with Crippen LogP contribution in [0.4, 0.5) is 18.0 Å². The van der Waals surface area contributed by atoms with Crippen LogP contribution in [0.25, 0.3) is 0 Å². The molecule has 5 nitrogen and oxygen atoms in total. The van der Waals surface area contributed by atoms with Crippen molar-refractivity contribution in [1.82, 2.24) is 4.90 Å². The summed E-state index contributed by atoms with van der Waals surface area (Å²) < 4.78 is 43.5. The van der Waals surface area contributed by atoms with Gasteiger partial charge in [0.1, 0.15) is 12.1 Å². The number of ether oxygens (including phenoxy) is 1. The highest BCUT2D eigenvalue weighted by molar-refractivity contribution is 5.71. The van der Waals surface area contributed by atoms with E-state index < -0.39 is 36.6 Å². The van der Waals surface area contributed by atoms with E-state index in [9.17, 15) is 23.1 Å². The second-order valence-corrected chi connectivity index (χ2v) is 5.25. The number of aliphatic hydroxyl groups is 1. The molecule has 0 aromatic rings. The van der Waals surface area contributed by atoms with Gasteiger partial charge in [0.2, 0.25) is 0 Å². The maximum absolute atomic E-state index is 12.9. The fourth-order valence-electron chi connectivity index (χ4n) is 2.40. The van der Waals surface area contributed by atoms with Gasteiger partial charge in [-0.2, -0.15) is 13.2 Å². The molecule has 0 aliphatic carbocycles. The molecule has 3 atom stereocenters. The first-order valence-corrected chi connectivity index (χ1v) is 6.60. The minimum absolute atomic E-state index is 0.136. The third kappa shape index (κ3) is 3.35. The minimum Gasteiger partial charge on any atom is -0.438 e. The van der Waals surface area contributed by atoms with E-state index in [2.05, 4.69) is 0 Å². The van der Waals surface area contributed by atoms with Gasteiger partial charge in [0.25, 0.3) is 0 Å². The van der Waals surface area contributed by atoms with Gasteiger partial charge in [-0.1, -0.05) is 19.8 Å². The molecule has 118 valence electrons. The van der Waals surface area contributed by atoms with Crippen LogP contribution in [0.1, 0.15) is 33.1 Å². The third-order valence-corrected chi connectivity index (χ3v) is 3.55. The van der Waals surface area contributed by atoms with Crippen molar-refractivity contribution >= 4 is 6.09 Å². The van der Waals surface area contributed by atoms with Crippen LogP contribution in [-0.2, 0) is 4.74 Å². The van der Waals surface area contributed by atoms with E-state index in [1.165, 1.54) is 6.92 Å². The Morgan fingerprint density at radius 2 is 2.10 bits per heavy atom. The Bertz CT molecular complexity index is 351. The van der Waals surface area contributed by atoms with Gasteiger partial charge in [0, 0.05) is 6.54 Å². The summed E-state index contributed by atoms with van der Waals surface area (Å²) in [4.78, 5) is 12.7. The Balaban J connectivity index is 2.97. The Morgan fingerprint density at radius 1 is 1.50 bits per heavy atom. The molecular weight excluding hydrogens is 277 g/mol. The van der Waals surface area contributed by atoms with Gasteiger partial charge in [0.15, 0.2) is 5.60 Å². The van der Waals surface area contributed by atoms with Gasteiger partial charge >= 0.3 is 12.3 Å². The summed E-state index contributed by atoms with van der Waals surface area (Å²) in [7, 11) is 0. The fraction of sp³-hybridized carbons (Fsp3) is 0.917. The molecule has 1 amide bonds. The number of alkyl halides is 3. The number of hydrogen-bond acceptors (Lipinski definition) is 4. The topological polar surface area (TPSA) is 75.8 Å². The van der Waals surface area contributed by atoms with Crippen molar-refractivity contribution in [2.24, 2.45) is 5.73 Å². The largest absolute Gasteiger partial charge is 0.438 e. The molecule has 0 bridgehead atoms. The quantitative estimate of drug-likeness (QED) is 0.731. The molecule has 0 aromatic carbocycles. The maximum atomic E-state index is 12.9. The van der Waals surface area contributed by atoms with E-state index in [4.69, 9.17) is 10.5 Å². The SMILES string of the molecule is CCCCCN1C(=O)O[C@](C)(CO)[C@H]1[C@H](N)C(F)(F)F. The standard InChI is InChI=1S/C12H21F3N2O3/c1-3-4-5-6-17-9(8(16)12(13,14)15)11(2,7-18)20-10(17)19/h8-9,18H,3-7,16H2,1-2H3/t8-,9+,11+/m0/s1. The summed E-state index contributed by atoms with van der Waals surface area (Å²) in [5.74, 6) is 0. The van der Waals surface area contributed by atoms with E-state index in [-0.39, 0.29) is 6.54 Å². The van der Waals surface area contributed by atoms with E-state index >= 15 is 0 Å². The average molecular weight is 298 g/mol. The number of aliphatic hydroxyl groups excluding tert-OH is 1. The van der Waals surface area contributed by atoms with Crippen LogP contribution in [0.5, 0.6) is 0 Å². The molecule has 20 heavy (non-hydrogen) atoms. The van der Waals surface area contributed by atoms with Crippen molar-refractivity contribution in [2.75, 3.05) is 13.2 Å². The zero-order valence-electron chi connectivity index (χ0n) is 11.6. The van der Waals surface area contributed by atoms with Crippen molar-refractivity contribution in [1.29, 1.82) is 0 Å².